The molecular weight excluding hydrogens is 314 g/mol. The van der Waals surface area contributed by atoms with Gasteiger partial charge in [0.25, 0.3) is 0 Å². The molecule has 114 valence electrons. The van der Waals surface area contributed by atoms with Gasteiger partial charge in [-0.05, 0) is 31.2 Å². The Morgan fingerprint density at radius 3 is 3.00 bits per heavy atom. The molecule has 1 N–H and O–H groups in total. The molecule has 1 unspecified atom stereocenters. The fourth-order valence-electron chi connectivity index (χ4n) is 3.02. The lowest BCUT2D eigenvalue weighted by molar-refractivity contribution is 0.154. The summed E-state index contributed by atoms with van der Waals surface area (Å²) in [6.45, 7) is 3.54. The number of aromatic nitrogens is 2. The van der Waals surface area contributed by atoms with E-state index in [-0.39, 0.29) is 6.10 Å². The van der Waals surface area contributed by atoms with E-state index in [2.05, 4.69) is 32.8 Å². The molecule has 3 aromatic heterocycles. The Labute approximate surface area is 137 Å². The van der Waals surface area contributed by atoms with Crippen LogP contribution in [0.3, 0.4) is 0 Å². The van der Waals surface area contributed by atoms with Gasteiger partial charge in [-0.1, -0.05) is 6.07 Å². The summed E-state index contributed by atoms with van der Waals surface area (Å²) < 4.78 is 0. The number of fused-ring (bicyclic) bond motifs is 1. The van der Waals surface area contributed by atoms with Crippen molar-refractivity contribution in [3.8, 4) is 10.4 Å². The van der Waals surface area contributed by atoms with Gasteiger partial charge < -0.3 is 10.0 Å². The molecule has 0 aromatic carbocycles. The highest BCUT2D eigenvalue weighted by atomic mass is 32.1. The number of aliphatic hydroxyl groups excluding tert-OH is 1. The molecular formula is C16H17N3OS2. The lowest BCUT2D eigenvalue weighted by atomic mass is 10.1. The van der Waals surface area contributed by atoms with E-state index in [1.165, 1.54) is 10.4 Å². The summed E-state index contributed by atoms with van der Waals surface area (Å²) in [6.07, 6.45) is 1.62. The van der Waals surface area contributed by atoms with Crippen LogP contribution in [0, 0.1) is 6.92 Å². The molecule has 0 amide bonds. The van der Waals surface area contributed by atoms with Crippen molar-refractivity contribution in [2.24, 2.45) is 0 Å². The van der Waals surface area contributed by atoms with E-state index >= 15 is 0 Å². The Balaban J connectivity index is 1.90. The van der Waals surface area contributed by atoms with Crippen molar-refractivity contribution in [3.05, 3.63) is 28.7 Å². The topological polar surface area (TPSA) is 49.2 Å². The lowest BCUT2D eigenvalue weighted by Gasteiger charge is -2.31. The predicted molar refractivity (Wildman–Crippen MR) is 92.9 cm³/mol. The van der Waals surface area contributed by atoms with Gasteiger partial charge in [-0.3, -0.25) is 0 Å². The monoisotopic (exact) mass is 331 g/mol. The van der Waals surface area contributed by atoms with Crippen molar-refractivity contribution in [2.75, 3.05) is 18.0 Å². The second kappa shape index (κ2) is 5.61. The minimum Gasteiger partial charge on any atom is -0.391 e. The minimum atomic E-state index is -0.261. The van der Waals surface area contributed by atoms with Gasteiger partial charge >= 0.3 is 0 Å². The number of aryl methyl sites for hydroxylation is 1. The minimum absolute atomic E-state index is 0.261. The van der Waals surface area contributed by atoms with Gasteiger partial charge in [-0.15, -0.1) is 22.7 Å². The first-order valence-corrected chi connectivity index (χ1v) is 9.21. The molecule has 22 heavy (non-hydrogen) atoms. The molecule has 1 aliphatic rings. The highest BCUT2D eigenvalue weighted by Gasteiger charge is 2.23. The first-order chi connectivity index (χ1) is 10.7. The van der Waals surface area contributed by atoms with Crippen LogP contribution in [0.2, 0.25) is 0 Å². The lowest BCUT2D eigenvalue weighted by Crippen LogP contribution is -2.38. The van der Waals surface area contributed by atoms with Crippen LogP contribution >= 0.6 is 22.7 Å². The molecule has 0 saturated carbocycles. The van der Waals surface area contributed by atoms with E-state index in [0.29, 0.717) is 6.54 Å². The molecule has 4 rings (SSSR count). The van der Waals surface area contributed by atoms with Crippen molar-refractivity contribution in [1.82, 2.24) is 9.97 Å². The zero-order valence-corrected chi connectivity index (χ0v) is 14.0. The Morgan fingerprint density at radius 2 is 2.23 bits per heavy atom. The van der Waals surface area contributed by atoms with E-state index in [4.69, 9.17) is 4.98 Å². The Morgan fingerprint density at radius 1 is 1.32 bits per heavy atom. The molecule has 0 bridgehead atoms. The van der Waals surface area contributed by atoms with Gasteiger partial charge in [0.15, 0.2) is 0 Å². The molecule has 0 aliphatic carbocycles. The third-order valence-electron chi connectivity index (χ3n) is 4.01. The van der Waals surface area contributed by atoms with Crippen LogP contribution < -0.4 is 4.90 Å². The summed E-state index contributed by atoms with van der Waals surface area (Å²) in [6, 6.07) is 4.21. The van der Waals surface area contributed by atoms with Crippen molar-refractivity contribution in [3.63, 3.8) is 0 Å². The van der Waals surface area contributed by atoms with E-state index < -0.39 is 0 Å². The first-order valence-electron chi connectivity index (χ1n) is 7.45. The number of nitrogens with zero attached hydrogens (tertiary/aromatic N) is 3. The normalized spacial score (nSPS) is 19.0. The van der Waals surface area contributed by atoms with Gasteiger partial charge in [0.05, 0.1) is 11.5 Å². The number of β-amino-alcohol motifs (C(OH)–C–C–N with tert-alkyl or cyclic N) is 1. The molecule has 1 saturated heterocycles. The van der Waals surface area contributed by atoms with Crippen LogP contribution in [0.5, 0.6) is 0 Å². The number of aliphatic hydroxyl groups is 1. The average Bonchev–Trinajstić information content (AvgIpc) is 3.14. The molecule has 4 heterocycles. The van der Waals surface area contributed by atoms with Crippen LogP contribution in [-0.2, 0) is 0 Å². The van der Waals surface area contributed by atoms with Gasteiger partial charge in [0.1, 0.15) is 16.5 Å². The fourth-order valence-corrected chi connectivity index (χ4v) is 4.82. The summed E-state index contributed by atoms with van der Waals surface area (Å²) in [5.41, 5.74) is 1.21. The maximum absolute atomic E-state index is 10.0. The van der Waals surface area contributed by atoms with E-state index in [1.54, 1.807) is 22.7 Å². The number of hydrogen-bond acceptors (Lipinski definition) is 6. The third-order valence-corrected chi connectivity index (χ3v) is 5.78. The molecule has 6 heteroatoms. The number of thiophene rings is 2. The van der Waals surface area contributed by atoms with E-state index in [1.807, 2.05) is 6.92 Å². The van der Waals surface area contributed by atoms with Crippen molar-refractivity contribution < 1.29 is 5.11 Å². The highest BCUT2D eigenvalue weighted by Crippen LogP contribution is 2.40. The zero-order valence-electron chi connectivity index (χ0n) is 12.3. The molecule has 0 radical (unpaired) electrons. The van der Waals surface area contributed by atoms with Crippen molar-refractivity contribution in [1.29, 1.82) is 0 Å². The fraction of sp³-hybridized carbons (Fsp3) is 0.375. The molecule has 1 atom stereocenters. The predicted octanol–water partition coefficient (Wildman–Crippen LogP) is 3.69. The van der Waals surface area contributed by atoms with Crippen LogP contribution in [0.1, 0.15) is 18.7 Å². The Bertz CT molecular complexity index is 797. The number of rotatable bonds is 2. The first kappa shape index (κ1) is 14.1. The molecule has 0 spiro atoms. The highest BCUT2D eigenvalue weighted by molar-refractivity contribution is 7.18. The van der Waals surface area contributed by atoms with Crippen LogP contribution in [0.4, 0.5) is 5.82 Å². The smallest absolute Gasteiger partial charge is 0.141 e. The van der Waals surface area contributed by atoms with Crippen LogP contribution in [0.15, 0.2) is 22.9 Å². The van der Waals surface area contributed by atoms with Crippen molar-refractivity contribution >= 4 is 38.7 Å². The Kier molecular flexibility index (Phi) is 3.60. The second-order valence-electron chi connectivity index (χ2n) is 5.64. The zero-order chi connectivity index (χ0) is 15.1. The van der Waals surface area contributed by atoms with Gasteiger partial charge in [0.2, 0.25) is 0 Å². The molecule has 3 aromatic rings. The maximum atomic E-state index is 10.0. The van der Waals surface area contributed by atoms with Crippen LogP contribution in [0.25, 0.3) is 20.7 Å². The number of piperidine rings is 1. The van der Waals surface area contributed by atoms with E-state index in [0.717, 1.165) is 41.2 Å². The summed E-state index contributed by atoms with van der Waals surface area (Å²) in [5, 5.41) is 15.4. The quantitative estimate of drug-likeness (QED) is 0.778. The summed E-state index contributed by atoms with van der Waals surface area (Å²) >= 11 is 3.41. The van der Waals surface area contributed by atoms with Gasteiger partial charge in [0, 0.05) is 28.9 Å². The number of anilines is 1. The summed E-state index contributed by atoms with van der Waals surface area (Å²) in [5.74, 6) is 1.77. The second-order valence-corrected chi connectivity index (χ2v) is 7.45. The van der Waals surface area contributed by atoms with Crippen LogP contribution in [-0.4, -0.2) is 34.3 Å². The average molecular weight is 331 g/mol. The Hall–Kier alpha value is -1.50. The van der Waals surface area contributed by atoms with E-state index in [9.17, 15) is 5.11 Å². The largest absolute Gasteiger partial charge is 0.391 e. The SMILES string of the molecule is Cc1nc(N2CCCC(O)C2)c2c(-c3cccs3)csc2n1. The molecule has 4 nitrogen and oxygen atoms in total. The number of hydrogen-bond donors (Lipinski definition) is 1. The molecule has 1 aliphatic heterocycles. The maximum Gasteiger partial charge on any atom is 0.141 e. The summed E-state index contributed by atoms with van der Waals surface area (Å²) in [7, 11) is 0. The van der Waals surface area contributed by atoms with Gasteiger partial charge in [-0.25, -0.2) is 9.97 Å². The summed E-state index contributed by atoms with van der Waals surface area (Å²) in [4.78, 5) is 13.8. The standard InChI is InChI=1S/C16H17N3OS2/c1-10-17-15(19-6-2-4-11(20)8-19)14-12(9-22-16(14)18-10)13-5-3-7-21-13/h3,5,7,9,11,20H,2,4,6,8H2,1H3. The molecule has 1 fully saturated rings. The van der Waals surface area contributed by atoms with Gasteiger partial charge in [-0.2, -0.15) is 0 Å². The third kappa shape index (κ3) is 2.41. The van der Waals surface area contributed by atoms with Crippen molar-refractivity contribution in [2.45, 2.75) is 25.9 Å².